The molecule has 1 atom stereocenters. The minimum Gasteiger partial charge on any atom is -0.497 e. The third kappa shape index (κ3) is 4.15. The molecule has 0 bridgehead atoms. The van der Waals surface area contributed by atoms with Crippen molar-refractivity contribution in [2.45, 2.75) is 19.4 Å². The summed E-state index contributed by atoms with van der Waals surface area (Å²) in [6, 6.07) is 14.5. The van der Waals surface area contributed by atoms with E-state index in [0.29, 0.717) is 0 Å². The second kappa shape index (κ2) is 7.80. The van der Waals surface area contributed by atoms with Crippen LogP contribution in [0.4, 0.5) is 0 Å². The summed E-state index contributed by atoms with van der Waals surface area (Å²) in [6.07, 6.45) is 0.846. The summed E-state index contributed by atoms with van der Waals surface area (Å²) in [7, 11) is 7.94. The van der Waals surface area contributed by atoms with Crippen LogP contribution in [0.2, 0.25) is 0 Å². The minimum atomic E-state index is 0.0613. The van der Waals surface area contributed by atoms with Crippen molar-refractivity contribution in [3.05, 3.63) is 59.2 Å². The number of amidine groups is 1. The maximum Gasteiger partial charge on any atom is 0.157 e. The molecule has 122 valence electrons. The van der Waals surface area contributed by atoms with Gasteiger partial charge in [-0.05, 0) is 36.6 Å². The lowest BCUT2D eigenvalue weighted by Gasteiger charge is -2.23. The van der Waals surface area contributed by atoms with Crippen LogP contribution in [0.5, 0.6) is 5.75 Å². The molecule has 1 aliphatic rings. The average Bonchev–Trinajstić information content (AvgIpc) is 3.08. The molecule has 0 aromatic heterocycles. The van der Waals surface area contributed by atoms with E-state index in [0.717, 1.165) is 40.7 Å². The van der Waals surface area contributed by atoms with Crippen LogP contribution in [0.1, 0.15) is 22.7 Å². The van der Waals surface area contributed by atoms with Gasteiger partial charge in [-0.3, -0.25) is 4.99 Å². The molecule has 1 heterocycles. The van der Waals surface area contributed by atoms with Gasteiger partial charge in [0.1, 0.15) is 13.6 Å². The van der Waals surface area contributed by atoms with Gasteiger partial charge in [0.25, 0.3) is 0 Å². The first kappa shape index (κ1) is 17.0. The number of methoxy groups -OCH3 is 1. The van der Waals surface area contributed by atoms with Crippen LogP contribution in [0.15, 0.2) is 47.5 Å². The Morgan fingerprint density at radius 1 is 1.29 bits per heavy atom. The van der Waals surface area contributed by atoms with E-state index >= 15 is 0 Å². The molecule has 0 amide bonds. The van der Waals surface area contributed by atoms with Gasteiger partial charge in [-0.1, -0.05) is 53.1 Å². The topological polar surface area (TPSA) is 33.6 Å². The van der Waals surface area contributed by atoms with Gasteiger partial charge < -0.3 is 10.1 Å². The predicted molar refractivity (Wildman–Crippen MR) is 104 cm³/mol. The molecule has 3 nitrogen and oxygen atoms in total. The monoisotopic (exact) mass is 336 g/mol. The van der Waals surface area contributed by atoms with Crippen molar-refractivity contribution in [3.63, 3.8) is 0 Å². The quantitative estimate of drug-likeness (QED) is 0.853. The Balaban J connectivity index is 1.92. The fraction of sp³-hybridized carbons (Fsp3) is 0.316. The number of nitrogens with one attached hydrogen (secondary N) is 1. The maximum atomic E-state index is 6.26. The van der Waals surface area contributed by atoms with E-state index in [-0.39, 0.29) is 6.04 Å². The maximum absolute atomic E-state index is 6.26. The van der Waals surface area contributed by atoms with E-state index in [1.54, 1.807) is 18.9 Å². The zero-order valence-corrected chi connectivity index (χ0v) is 14.9. The highest BCUT2D eigenvalue weighted by Crippen LogP contribution is 2.23. The number of benzene rings is 2. The zero-order valence-electron chi connectivity index (χ0n) is 14.1. The van der Waals surface area contributed by atoms with E-state index in [4.69, 9.17) is 12.6 Å². The largest absolute Gasteiger partial charge is 0.497 e. The highest BCUT2D eigenvalue weighted by atomic mass is 32.2. The molecule has 5 heteroatoms. The van der Waals surface area contributed by atoms with Crippen molar-refractivity contribution >= 4 is 30.2 Å². The highest BCUT2D eigenvalue weighted by molar-refractivity contribution is 8.14. The van der Waals surface area contributed by atoms with Gasteiger partial charge in [-0.15, -0.1) is 0 Å². The number of hydrogen-bond donors (Lipinski definition) is 1. The summed E-state index contributed by atoms with van der Waals surface area (Å²) >= 11 is 1.76. The van der Waals surface area contributed by atoms with Crippen molar-refractivity contribution in [1.29, 1.82) is 0 Å². The van der Waals surface area contributed by atoms with Gasteiger partial charge in [0, 0.05) is 5.75 Å². The van der Waals surface area contributed by atoms with Crippen molar-refractivity contribution in [2.24, 2.45) is 4.99 Å². The third-order valence-corrected chi connectivity index (χ3v) is 4.98. The summed E-state index contributed by atoms with van der Waals surface area (Å²) in [5.41, 5.74) is 4.35. The summed E-state index contributed by atoms with van der Waals surface area (Å²) in [5, 5.41) is 4.56. The van der Waals surface area contributed by atoms with E-state index in [9.17, 15) is 0 Å². The first-order valence-corrected chi connectivity index (χ1v) is 9.07. The number of nitrogens with zero attached hydrogens (tertiary/aromatic N) is 1. The van der Waals surface area contributed by atoms with Crippen LogP contribution < -0.4 is 15.5 Å². The Labute approximate surface area is 149 Å². The van der Waals surface area contributed by atoms with Crippen molar-refractivity contribution in [3.8, 4) is 5.75 Å². The molecule has 0 saturated carbocycles. The van der Waals surface area contributed by atoms with Crippen LogP contribution in [-0.2, 0) is 6.42 Å². The molecule has 2 aromatic rings. The molecule has 1 N–H and O–H groups in total. The standard InChI is InChI=1S/C19H21BN2OS/c1-13-4-3-5-14(10-13)11-18(22-19-21-8-9-24-19)16-12-15(23-2)6-7-17(16)20/h3-7,10,12,18H,8-9,11H2,1-2H3,(H,21,22). The second-order valence-electron chi connectivity index (χ2n) is 5.92. The smallest absolute Gasteiger partial charge is 0.157 e. The first-order valence-electron chi connectivity index (χ1n) is 8.08. The molecule has 0 spiro atoms. The zero-order chi connectivity index (χ0) is 16.9. The Kier molecular flexibility index (Phi) is 5.51. The summed E-state index contributed by atoms with van der Waals surface area (Å²) in [6.45, 7) is 2.99. The molecular weight excluding hydrogens is 315 g/mol. The molecule has 24 heavy (non-hydrogen) atoms. The van der Waals surface area contributed by atoms with Crippen LogP contribution in [0, 0.1) is 6.92 Å². The molecule has 1 aliphatic heterocycles. The number of rotatable bonds is 5. The summed E-state index contributed by atoms with van der Waals surface area (Å²) in [5.74, 6) is 1.85. The van der Waals surface area contributed by atoms with Gasteiger partial charge in [0.15, 0.2) is 5.17 Å². The normalized spacial score (nSPS) is 15.0. The molecule has 2 aromatic carbocycles. The number of ether oxygens (including phenoxy) is 1. The fourth-order valence-corrected chi connectivity index (χ4v) is 3.65. The molecule has 1 unspecified atom stereocenters. The van der Waals surface area contributed by atoms with Crippen LogP contribution >= 0.6 is 11.8 Å². The fourth-order valence-electron chi connectivity index (χ4n) is 2.87. The van der Waals surface area contributed by atoms with Crippen molar-refractivity contribution < 1.29 is 4.74 Å². The van der Waals surface area contributed by atoms with Gasteiger partial charge in [0.05, 0.1) is 19.7 Å². The van der Waals surface area contributed by atoms with Gasteiger partial charge in [-0.2, -0.15) is 0 Å². The number of hydrogen-bond acceptors (Lipinski definition) is 4. The van der Waals surface area contributed by atoms with E-state index in [1.807, 2.05) is 18.2 Å². The SMILES string of the molecule is [B]c1ccc(OC)cc1C(Cc1cccc(C)c1)NC1=NCCS1. The van der Waals surface area contributed by atoms with Crippen LogP contribution in [-0.4, -0.2) is 32.4 Å². The third-order valence-electron chi connectivity index (χ3n) is 4.07. The van der Waals surface area contributed by atoms with E-state index in [1.165, 1.54) is 11.1 Å². The lowest BCUT2D eigenvalue weighted by Crippen LogP contribution is -2.31. The van der Waals surface area contributed by atoms with Gasteiger partial charge >= 0.3 is 0 Å². The van der Waals surface area contributed by atoms with Gasteiger partial charge in [-0.25, -0.2) is 0 Å². The molecule has 0 fully saturated rings. The lowest BCUT2D eigenvalue weighted by atomic mass is 9.85. The van der Waals surface area contributed by atoms with Crippen molar-refractivity contribution in [1.82, 2.24) is 5.32 Å². The first-order chi connectivity index (χ1) is 11.7. The predicted octanol–water partition coefficient (Wildman–Crippen LogP) is 2.77. The Morgan fingerprint density at radius 3 is 2.88 bits per heavy atom. The molecular formula is C19H21BN2OS. The molecule has 2 radical (unpaired) electrons. The lowest BCUT2D eigenvalue weighted by molar-refractivity contribution is 0.413. The summed E-state index contributed by atoms with van der Waals surface area (Å²) < 4.78 is 5.38. The van der Waals surface area contributed by atoms with Crippen LogP contribution in [0.25, 0.3) is 0 Å². The second-order valence-corrected chi connectivity index (χ2v) is 7.00. The number of aryl methyl sites for hydroxylation is 1. The molecule has 0 saturated heterocycles. The number of aliphatic imine (C=N–C) groups is 1. The van der Waals surface area contributed by atoms with Crippen molar-refractivity contribution in [2.75, 3.05) is 19.4 Å². The Morgan fingerprint density at radius 2 is 2.17 bits per heavy atom. The van der Waals surface area contributed by atoms with E-state index in [2.05, 4.69) is 41.5 Å². The van der Waals surface area contributed by atoms with Crippen LogP contribution in [0.3, 0.4) is 0 Å². The highest BCUT2D eigenvalue weighted by Gasteiger charge is 2.19. The van der Waals surface area contributed by atoms with Gasteiger partial charge in [0.2, 0.25) is 0 Å². The molecule has 3 rings (SSSR count). The minimum absolute atomic E-state index is 0.0613. The summed E-state index contributed by atoms with van der Waals surface area (Å²) in [4.78, 5) is 4.53. The number of thioether (sulfide) groups is 1. The molecule has 0 aliphatic carbocycles. The Bertz CT molecular complexity index is 748. The Hall–Kier alpha value is -1.88. The average molecular weight is 336 g/mol. The van der Waals surface area contributed by atoms with E-state index < -0.39 is 0 Å².